The first-order valence-corrected chi connectivity index (χ1v) is 6.81. The summed E-state index contributed by atoms with van der Waals surface area (Å²) in [6, 6.07) is 1.33. The standard InChI is InChI=1S/C13H29N3/c1-5-8-12(14-6-2)13-11-15(3)9-7-10-16(13)4/h12-14H,5-11H2,1-4H3. The van der Waals surface area contributed by atoms with Gasteiger partial charge in [-0.2, -0.15) is 0 Å². The van der Waals surface area contributed by atoms with E-state index >= 15 is 0 Å². The van der Waals surface area contributed by atoms with Crippen LogP contribution in [0.15, 0.2) is 0 Å². The molecule has 0 spiro atoms. The third kappa shape index (κ3) is 4.04. The maximum Gasteiger partial charge on any atom is 0.0373 e. The zero-order valence-corrected chi connectivity index (χ0v) is 11.5. The highest BCUT2D eigenvalue weighted by Crippen LogP contribution is 2.13. The van der Waals surface area contributed by atoms with Crippen LogP contribution in [0.4, 0.5) is 0 Å². The monoisotopic (exact) mass is 227 g/mol. The fraction of sp³-hybridized carbons (Fsp3) is 1.00. The summed E-state index contributed by atoms with van der Waals surface area (Å²) < 4.78 is 0. The lowest BCUT2D eigenvalue weighted by atomic mass is 10.0. The van der Waals surface area contributed by atoms with Crippen molar-refractivity contribution in [2.24, 2.45) is 0 Å². The molecular weight excluding hydrogens is 198 g/mol. The Morgan fingerprint density at radius 1 is 1.25 bits per heavy atom. The van der Waals surface area contributed by atoms with E-state index in [1.807, 2.05) is 0 Å². The predicted octanol–water partition coefficient (Wildman–Crippen LogP) is 1.40. The lowest BCUT2D eigenvalue weighted by Gasteiger charge is -2.35. The van der Waals surface area contributed by atoms with E-state index in [2.05, 4.69) is 43.1 Å². The van der Waals surface area contributed by atoms with Crippen molar-refractivity contribution in [2.75, 3.05) is 40.3 Å². The molecule has 0 aromatic heterocycles. The van der Waals surface area contributed by atoms with Gasteiger partial charge < -0.3 is 15.1 Å². The number of rotatable bonds is 5. The molecule has 0 bridgehead atoms. The zero-order chi connectivity index (χ0) is 12.0. The van der Waals surface area contributed by atoms with Crippen molar-refractivity contribution in [3.8, 4) is 0 Å². The van der Waals surface area contributed by atoms with Crippen LogP contribution in [0.1, 0.15) is 33.1 Å². The molecule has 0 saturated carbocycles. The third-order valence-electron chi connectivity index (χ3n) is 3.65. The van der Waals surface area contributed by atoms with Gasteiger partial charge in [0.25, 0.3) is 0 Å². The molecule has 1 heterocycles. The molecule has 1 fully saturated rings. The lowest BCUT2D eigenvalue weighted by Crippen LogP contribution is -2.52. The Bertz CT molecular complexity index is 178. The first kappa shape index (κ1) is 13.9. The SMILES string of the molecule is CCCC(NCC)C1CN(C)CCCN1C. The van der Waals surface area contributed by atoms with E-state index in [0.29, 0.717) is 12.1 Å². The van der Waals surface area contributed by atoms with Gasteiger partial charge in [0.15, 0.2) is 0 Å². The molecule has 0 aliphatic carbocycles. The molecule has 3 heteroatoms. The minimum absolute atomic E-state index is 0.653. The molecular formula is C13H29N3. The molecule has 2 unspecified atom stereocenters. The first-order chi connectivity index (χ1) is 7.69. The predicted molar refractivity (Wildman–Crippen MR) is 70.9 cm³/mol. The van der Waals surface area contributed by atoms with Gasteiger partial charge in [0.1, 0.15) is 0 Å². The molecule has 1 rings (SSSR count). The number of hydrogen-bond donors (Lipinski definition) is 1. The summed E-state index contributed by atoms with van der Waals surface area (Å²) >= 11 is 0. The normalized spacial score (nSPS) is 26.6. The van der Waals surface area contributed by atoms with Crippen molar-refractivity contribution in [3.05, 3.63) is 0 Å². The maximum atomic E-state index is 3.66. The fourth-order valence-corrected chi connectivity index (χ4v) is 2.74. The minimum Gasteiger partial charge on any atom is -0.313 e. The summed E-state index contributed by atoms with van der Waals surface area (Å²) in [5.41, 5.74) is 0. The fourth-order valence-electron chi connectivity index (χ4n) is 2.74. The van der Waals surface area contributed by atoms with Crippen LogP contribution in [-0.4, -0.2) is 62.2 Å². The van der Waals surface area contributed by atoms with E-state index in [4.69, 9.17) is 0 Å². The van der Waals surface area contributed by atoms with E-state index in [-0.39, 0.29) is 0 Å². The number of hydrogen-bond acceptors (Lipinski definition) is 3. The average molecular weight is 227 g/mol. The molecule has 0 aromatic rings. The molecule has 1 aliphatic rings. The summed E-state index contributed by atoms with van der Waals surface area (Å²) in [7, 11) is 4.53. The summed E-state index contributed by atoms with van der Waals surface area (Å²) in [4.78, 5) is 5.03. The van der Waals surface area contributed by atoms with Gasteiger partial charge in [-0.25, -0.2) is 0 Å². The van der Waals surface area contributed by atoms with Crippen LogP contribution >= 0.6 is 0 Å². The summed E-state index contributed by atoms with van der Waals surface area (Å²) in [5.74, 6) is 0. The van der Waals surface area contributed by atoms with Crippen molar-refractivity contribution >= 4 is 0 Å². The van der Waals surface area contributed by atoms with Crippen LogP contribution in [0.5, 0.6) is 0 Å². The highest BCUT2D eigenvalue weighted by Gasteiger charge is 2.27. The van der Waals surface area contributed by atoms with Crippen LogP contribution in [0.3, 0.4) is 0 Å². The van der Waals surface area contributed by atoms with Gasteiger partial charge in [-0.05, 0) is 46.6 Å². The van der Waals surface area contributed by atoms with Gasteiger partial charge in [0.05, 0.1) is 0 Å². The largest absolute Gasteiger partial charge is 0.313 e. The van der Waals surface area contributed by atoms with E-state index in [0.717, 1.165) is 6.54 Å². The Morgan fingerprint density at radius 2 is 2.00 bits per heavy atom. The molecule has 1 N–H and O–H groups in total. The summed E-state index contributed by atoms with van der Waals surface area (Å²) in [6.45, 7) is 9.26. The molecule has 1 saturated heterocycles. The Balaban J connectivity index is 2.62. The Hall–Kier alpha value is -0.120. The van der Waals surface area contributed by atoms with E-state index in [9.17, 15) is 0 Å². The molecule has 0 radical (unpaired) electrons. The third-order valence-corrected chi connectivity index (χ3v) is 3.65. The van der Waals surface area contributed by atoms with Crippen LogP contribution < -0.4 is 5.32 Å². The number of nitrogens with one attached hydrogen (secondary N) is 1. The number of likely N-dealkylation sites (N-methyl/N-ethyl adjacent to an activating group) is 3. The van der Waals surface area contributed by atoms with Crippen molar-refractivity contribution in [2.45, 2.75) is 45.2 Å². The van der Waals surface area contributed by atoms with Crippen molar-refractivity contribution < 1.29 is 0 Å². The molecule has 96 valence electrons. The molecule has 1 aliphatic heterocycles. The van der Waals surface area contributed by atoms with E-state index < -0.39 is 0 Å². The van der Waals surface area contributed by atoms with E-state index in [1.165, 1.54) is 38.9 Å². The van der Waals surface area contributed by atoms with Crippen LogP contribution in [-0.2, 0) is 0 Å². The van der Waals surface area contributed by atoms with Gasteiger partial charge >= 0.3 is 0 Å². The highest BCUT2D eigenvalue weighted by molar-refractivity contribution is 4.87. The molecule has 0 amide bonds. The van der Waals surface area contributed by atoms with Gasteiger partial charge in [-0.3, -0.25) is 0 Å². The Morgan fingerprint density at radius 3 is 2.62 bits per heavy atom. The first-order valence-electron chi connectivity index (χ1n) is 6.81. The maximum absolute atomic E-state index is 3.66. The quantitative estimate of drug-likeness (QED) is 0.766. The number of nitrogens with zero attached hydrogens (tertiary/aromatic N) is 2. The highest BCUT2D eigenvalue weighted by atomic mass is 15.2. The van der Waals surface area contributed by atoms with Crippen LogP contribution in [0.2, 0.25) is 0 Å². The lowest BCUT2D eigenvalue weighted by molar-refractivity contribution is 0.173. The van der Waals surface area contributed by atoms with Crippen molar-refractivity contribution in [3.63, 3.8) is 0 Å². The summed E-state index contributed by atoms with van der Waals surface area (Å²) in [6.07, 6.45) is 3.86. The van der Waals surface area contributed by atoms with Crippen molar-refractivity contribution in [1.29, 1.82) is 0 Å². The van der Waals surface area contributed by atoms with Gasteiger partial charge in [-0.15, -0.1) is 0 Å². The van der Waals surface area contributed by atoms with Gasteiger partial charge in [0, 0.05) is 18.6 Å². The second-order valence-corrected chi connectivity index (χ2v) is 5.12. The van der Waals surface area contributed by atoms with E-state index in [1.54, 1.807) is 0 Å². The summed E-state index contributed by atoms with van der Waals surface area (Å²) in [5, 5.41) is 3.66. The topological polar surface area (TPSA) is 18.5 Å². The molecule has 2 atom stereocenters. The molecule has 3 nitrogen and oxygen atoms in total. The second kappa shape index (κ2) is 7.25. The smallest absolute Gasteiger partial charge is 0.0373 e. The Labute approximate surface area is 101 Å². The minimum atomic E-state index is 0.653. The van der Waals surface area contributed by atoms with Crippen LogP contribution in [0, 0.1) is 0 Å². The van der Waals surface area contributed by atoms with Gasteiger partial charge in [-0.1, -0.05) is 20.3 Å². The molecule has 0 aromatic carbocycles. The second-order valence-electron chi connectivity index (χ2n) is 5.12. The van der Waals surface area contributed by atoms with Gasteiger partial charge in [0.2, 0.25) is 0 Å². The zero-order valence-electron chi connectivity index (χ0n) is 11.5. The Kier molecular flexibility index (Phi) is 6.32. The van der Waals surface area contributed by atoms with Crippen molar-refractivity contribution in [1.82, 2.24) is 15.1 Å². The molecule has 16 heavy (non-hydrogen) atoms. The van der Waals surface area contributed by atoms with Crippen LogP contribution in [0.25, 0.3) is 0 Å². The average Bonchev–Trinajstić information content (AvgIpc) is 2.40.